The van der Waals surface area contributed by atoms with E-state index in [0.29, 0.717) is 5.92 Å². The maximum absolute atomic E-state index is 5.35. The summed E-state index contributed by atoms with van der Waals surface area (Å²) in [5, 5.41) is 3.85. The number of allylic oxidation sites excluding steroid dienone is 1. The Balaban J connectivity index is 2.25. The van der Waals surface area contributed by atoms with Crippen LogP contribution in [-0.2, 0) is 10.8 Å². The van der Waals surface area contributed by atoms with Crippen LogP contribution in [-0.4, -0.2) is 5.16 Å². The Kier molecular flexibility index (Phi) is 4.90. The van der Waals surface area contributed by atoms with Crippen molar-refractivity contribution >= 4 is 11.6 Å². The lowest BCUT2D eigenvalue weighted by atomic mass is 9.62. The first-order valence-corrected chi connectivity index (χ1v) is 9.96. The van der Waals surface area contributed by atoms with Crippen molar-refractivity contribution in [1.29, 1.82) is 0 Å². The fraction of sp³-hybridized carbons (Fsp3) is 0.542. The molecule has 0 bridgehead atoms. The van der Waals surface area contributed by atoms with E-state index in [1.54, 1.807) is 6.20 Å². The van der Waals surface area contributed by atoms with Gasteiger partial charge in [0.2, 0.25) is 0 Å². The minimum atomic E-state index is 0.222. The van der Waals surface area contributed by atoms with Crippen LogP contribution >= 0.6 is 0 Å². The number of fused-ring (bicyclic) bond motifs is 1. The zero-order valence-corrected chi connectivity index (χ0v) is 17.4. The normalized spacial score (nSPS) is 18.8. The molecule has 26 heavy (non-hydrogen) atoms. The molecule has 0 spiro atoms. The third-order valence-corrected chi connectivity index (χ3v) is 6.15. The summed E-state index contributed by atoms with van der Waals surface area (Å²) in [5.41, 5.74) is 7.67. The predicted octanol–water partition coefficient (Wildman–Crippen LogP) is 7.10. The van der Waals surface area contributed by atoms with E-state index in [0.717, 1.165) is 12.2 Å². The van der Waals surface area contributed by atoms with Crippen molar-refractivity contribution in [3.8, 4) is 0 Å². The highest BCUT2D eigenvalue weighted by Gasteiger charge is 2.38. The first-order valence-electron chi connectivity index (χ1n) is 9.96. The topological polar surface area (TPSA) is 26.0 Å². The molecule has 1 aromatic carbocycles. The van der Waals surface area contributed by atoms with Crippen LogP contribution < -0.4 is 0 Å². The molecule has 0 aliphatic heterocycles. The van der Waals surface area contributed by atoms with E-state index in [9.17, 15) is 0 Å². The second kappa shape index (κ2) is 6.72. The second-order valence-corrected chi connectivity index (χ2v) is 9.35. The van der Waals surface area contributed by atoms with Crippen LogP contribution in [0.4, 0.5) is 0 Å². The number of hydrogen-bond acceptors (Lipinski definition) is 2. The summed E-state index contributed by atoms with van der Waals surface area (Å²) < 4.78 is 5.35. The Morgan fingerprint density at radius 2 is 1.73 bits per heavy atom. The first kappa shape index (κ1) is 18.9. The summed E-state index contributed by atoms with van der Waals surface area (Å²) in [7, 11) is 0. The van der Waals surface area contributed by atoms with Gasteiger partial charge in [-0.1, -0.05) is 65.8 Å². The fourth-order valence-corrected chi connectivity index (χ4v) is 4.23. The van der Waals surface area contributed by atoms with E-state index in [1.165, 1.54) is 40.7 Å². The SMILES string of the molecule is CC/C(=C\c1ccno1)c1cc2c(cc1C(C)C)C(C)(C)CCC2(C)C. The van der Waals surface area contributed by atoms with Gasteiger partial charge in [-0.3, -0.25) is 0 Å². The van der Waals surface area contributed by atoms with E-state index in [1.807, 2.05) is 6.07 Å². The van der Waals surface area contributed by atoms with Crippen molar-refractivity contribution in [3.63, 3.8) is 0 Å². The molecule has 1 heterocycles. The second-order valence-electron chi connectivity index (χ2n) is 9.35. The van der Waals surface area contributed by atoms with Gasteiger partial charge < -0.3 is 4.52 Å². The molecule has 0 N–H and O–H groups in total. The lowest BCUT2D eigenvalue weighted by Crippen LogP contribution is -2.34. The molecule has 0 saturated heterocycles. The highest BCUT2D eigenvalue weighted by atomic mass is 16.5. The van der Waals surface area contributed by atoms with Crippen LogP contribution in [0, 0.1) is 0 Å². The molecule has 0 fully saturated rings. The minimum Gasteiger partial charge on any atom is -0.357 e. The molecule has 0 saturated carbocycles. The molecule has 0 amide bonds. The Morgan fingerprint density at radius 3 is 2.23 bits per heavy atom. The van der Waals surface area contributed by atoms with Crippen LogP contribution in [0.1, 0.15) is 102 Å². The van der Waals surface area contributed by atoms with Crippen LogP contribution in [0.3, 0.4) is 0 Å². The summed E-state index contributed by atoms with van der Waals surface area (Å²) in [5.74, 6) is 1.31. The number of hydrogen-bond donors (Lipinski definition) is 0. The molecule has 1 aliphatic rings. The molecule has 3 rings (SSSR count). The van der Waals surface area contributed by atoms with Crippen molar-refractivity contribution in [2.24, 2.45) is 0 Å². The average molecular weight is 352 g/mol. The van der Waals surface area contributed by atoms with Crippen molar-refractivity contribution in [1.82, 2.24) is 5.16 Å². The quantitative estimate of drug-likeness (QED) is 0.587. The van der Waals surface area contributed by atoms with Crippen LogP contribution in [0.2, 0.25) is 0 Å². The standard InChI is InChI=1S/C24H33NO/c1-8-17(13-18-9-12-25-26-18)20-15-22-21(14-19(20)16(2)3)23(4,5)10-11-24(22,6)7/h9,12-16H,8,10-11H2,1-7H3/b17-13+. The van der Waals surface area contributed by atoms with Gasteiger partial charge in [0.15, 0.2) is 5.76 Å². The molecule has 0 radical (unpaired) electrons. The predicted molar refractivity (Wildman–Crippen MR) is 110 cm³/mol. The van der Waals surface area contributed by atoms with Crippen molar-refractivity contribution in [3.05, 3.63) is 52.4 Å². The molecular weight excluding hydrogens is 318 g/mol. The zero-order chi connectivity index (χ0) is 19.1. The van der Waals surface area contributed by atoms with Gasteiger partial charge >= 0.3 is 0 Å². The summed E-state index contributed by atoms with van der Waals surface area (Å²) in [6.45, 7) is 16.4. The third-order valence-electron chi connectivity index (χ3n) is 6.15. The van der Waals surface area contributed by atoms with Crippen LogP contribution in [0.5, 0.6) is 0 Å². The summed E-state index contributed by atoms with van der Waals surface area (Å²) in [6, 6.07) is 6.91. The molecule has 2 aromatic rings. The molecule has 0 atom stereocenters. The summed E-state index contributed by atoms with van der Waals surface area (Å²) >= 11 is 0. The van der Waals surface area contributed by atoms with Crippen molar-refractivity contribution in [2.75, 3.05) is 0 Å². The summed E-state index contributed by atoms with van der Waals surface area (Å²) in [6.07, 6.45) is 7.32. The summed E-state index contributed by atoms with van der Waals surface area (Å²) in [4.78, 5) is 0. The van der Waals surface area contributed by atoms with E-state index >= 15 is 0 Å². The highest BCUT2D eigenvalue weighted by molar-refractivity contribution is 5.82. The van der Waals surface area contributed by atoms with Gasteiger partial charge in [-0.2, -0.15) is 0 Å². The van der Waals surface area contributed by atoms with Gasteiger partial charge in [-0.25, -0.2) is 0 Å². The maximum atomic E-state index is 5.35. The lowest BCUT2D eigenvalue weighted by Gasteiger charge is -2.43. The number of rotatable bonds is 4. The van der Waals surface area contributed by atoms with E-state index in [4.69, 9.17) is 4.52 Å². The Bertz CT molecular complexity index is 807. The van der Waals surface area contributed by atoms with Crippen LogP contribution in [0.25, 0.3) is 11.6 Å². The number of nitrogens with zero attached hydrogens (tertiary/aromatic N) is 1. The highest BCUT2D eigenvalue weighted by Crippen LogP contribution is 2.48. The third kappa shape index (κ3) is 3.39. The molecule has 1 aliphatic carbocycles. The van der Waals surface area contributed by atoms with E-state index in [-0.39, 0.29) is 10.8 Å². The largest absolute Gasteiger partial charge is 0.357 e. The average Bonchev–Trinajstić information content (AvgIpc) is 3.09. The van der Waals surface area contributed by atoms with E-state index < -0.39 is 0 Å². The zero-order valence-electron chi connectivity index (χ0n) is 17.4. The molecule has 2 heteroatoms. The first-order chi connectivity index (χ1) is 12.2. The van der Waals surface area contributed by atoms with Gasteiger partial charge in [-0.05, 0) is 69.9 Å². The smallest absolute Gasteiger partial charge is 0.159 e. The molecule has 1 aromatic heterocycles. The Hall–Kier alpha value is -1.83. The molecular formula is C24H33NO. The molecule has 0 unspecified atom stereocenters. The van der Waals surface area contributed by atoms with Gasteiger partial charge in [0, 0.05) is 6.07 Å². The molecule has 140 valence electrons. The van der Waals surface area contributed by atoms with Crippen molar-refractivity contribution < 1.29 is 4.52 Å². The van der Waals surface area contributed by atoms with Crippen molar-refractivity contribution in [2.45, 2.75) is 84.5 Å². The number of benzene rings is 1. The van der Waals surface area contributed by atoms with Crippen LogP contribution in [0.15, 0.2) is 28.9 Å². The van der Waals surface area contributed by atoms with Gasteiger partial charge in [0.05, 0.1) is 6.20 Å². The number of aromatic nitrogens is 1. The van der Waals surface area contributed by atoms with Gasteiger partial charge in [-0.15, -0.1) is 0 Å². The minimum absolute atomic E-state index is 0.222. The Labute approximate surface area is 158 Å². The Morgan fingerprint density at radius 1 is 1.12 bits per heavy atom. The van der Waals surface area contributed by atoms with Gasteiger partial charge in [0.25, 0.3) is 0 Å². The fourth-order valence-electron chi connectivity index (χ4n) is 4.23. The maximum Gasteiger partial charge on any atom is 0.159 e. The monoisotopic (exact) mass is 351 g/mol. The lowest BCUT2D eigenvalue weighted by molar-refractivity contribution is 0.331. The van der Waals surface area contributed by atoms with E-state index in [2.05, 4.69) is 71.8 Å². The van der Waals surface area contributed by atoms with Gasteiger partial charge in [0.1, 0.15) is 0 Å². The molecule has 2 nitrogen and oxygen atoms in total.